The number of hydrogen-bond donors (Lipinski definition) is 4. The van der Waals surface area contributed by atoms with Crippen molar-refractivity contribution in [2.24, 2.45) is 11.3 Å². The minimum absolute atomic E-state index is 0.0278. The summed E-state index contributed by atoms with van der Waals surface area (Å²) in [5, 5.41) is 42.2. The largest absolute Gasteiger partial charge is 0.396 e. The van der Waals surface area contributed by atoms with Crippen molar-refractivity contribution in [2.75, 3.05) is 13.2 Å². The second-order valence-electron chi connectivity index (χ2n) is 10.9. The van der Waals surface area contributed by atoms with Crippen LogP contribution < -0.4 is 0 Å². The lowest BCUT2D eigenvalue weighted by Crippen LogP contribution is -2.56. The average molecular weight is 491 g/mol. The van der Waals surface area contributed by atoms with Crippen LogP contribution in [0.4, 0.5) is 0 Å². The molecule has 5 nitrogen and oxygen atoms in total. The van der Waals surface area contributed by atoms with E-state index in [4.69, 9.17) is 0 Å². The first-order valence-corrected chi connectivity index (χ1v) is 13.2. The lowest BCUT2D eigenvalue weighted by Gasteiger charge is -2.54. The second kappa shape index (κ2) is 14.9. The Labute approximate surface area is 213 Å². The van der Waals surface area contributed by atoms with Gasteiger partial charge in [0, 0.05) is 12.0 Å². The van der Waals surface area contributed by atoms with Crippen LogP contribution in [0.1, 0.15) is 99.3 Å². The van der Waals surface area contributed by atoms with E-state index in [1.807, 2.05) is 13.0 Å². The number of aldehydes is 1. The van der Waals surface area contributed by atoms with Crippen LogP contribution in [-0.2, 0) is 4.79 Å². The maximum atomic E-state index is 11.6. The van der Waals surface area contributed by atoms with E-state index < -0.39 is 17.1 Å². The molecule has 1 aliphatic carbocycles. The highest BCUT2D eigenvalue weighted by molar-refractivity contribution is 5.74. The van der Waals surface area contributed by atoms with Gasteiger partial charge in [-0.2, -0.15) is 0 Å². The van der Waals surface area contributed by atoms with Crippen LogP contribution >= 0.6 is 0 Å². The van der Waals surface area contributed by atoms with Crippen molar-refractivity contribution in [3.05, 3.63) is 46.1 Å². The molecule has 0 saturated heterocycles. The molecule has 4 unspecified atom stereocenters. The van der Waals surface area contributed by atoms with Crippen molar-refractivity contribution in [3.63, 3.8) is 0 Å². The molecule has 4 N–H and O–H groups in total. The molecule has 5 heteroatoms. The first-order valence-electron chi connectivity index (χ1n) is 13.2. The van der Waals surface area contributed by atoms with Crippen LogP contribution in [0.3, 0.4) is 0 Å². The summed E-state index contributed by atoms with van der Waals surface area (Å²) in [5.41, 5.74) is 3.20. The summed E-state index contributed by atoms with van der Waals surface area (Å²) in [6, 6.07) is 0. The van der Waals surface area contributed by atoms with Crippen LogP contribution in [0.5, 0.6) is 0 Å². The summed E-state index contributed by atoms with van der Waals surface area (Å²) in [5.74, 6) is -0.182. The Bertz CT molecular complexity index is 798. The van der Waals surface area contributed by atoms with Gasteiger partial charge in [0.2, 0.25) is 0 Å². The molecule has 0 aliphatic heterocycles. The number of carbonyl (C=O) groups is 1. The number of carbonyl (C=O) groups excluding carboxylic acids is 1. The standard InChI is InChI=1S/C30H50O5/c1-22(2)10-7-11-23(3)14-15-28(34)24(4)12-8-17-30(21-33)27(13-9-19-31)26(25(5)20-32)16-18-29(30,6)35/h10,12,14,20,27-28,31,33-35H,7-9,11,13,15-19,21H2,1-6H3. The minimum atomic E-state index is -1.10. The van der Waals surface area contributed by atoms with Crippen molar-refractivity contribution >= 4 is 6.29 Å². The summed E-state index contributed by atoms with van der Waals surface area (Å²) >= 11 is 0. The molecule has 1 fully saturated rings. The summed E-state index contributed by atoms with van der Waals surface area (Å²) in [4.78, 5) is 11.6. The van der Waals surface area contributed by atoms with Gasteiger partial charge in [-0.25, -0.2) is 0 Å². The summed E-state index contributed by atoms with van der Waals surface area (Å²) in [7, 11) is 0. The van der Waals surface area contributed by atoms with E-state index >= 15 is 0 Å². The molecule has 0 heterocycles. The Balaban J connectivity index is 3.02. The number of rotatable bonds is 14. The van der Waals surface area contributed by atoms with E-state index in [1.54, 1.807) is 13.8 Å². The molecule has 0 amide bonds. The van der Waals surface area contributed by atoms with Crippen LogP contribution in [0.15, 0.2) is 46.1 Å². The molecule has 1 aliphatic rings. The molecular weight excluding hydrogens is 440 g/mol. The van der Waals surface area contributed by atoms with Crippen LogP contribution in [0, 0.1) is 11.3 Å². The zero-order valence-corrected chi connectivity index (χ0v) is 22.9. The minimum Gasteiger partial charge on any atom is -0.396 e. The van der Waals surface area contributed by atoms with Gasteiger partial charge in [0.1, 0.15) is 6.29 Å². The lowest BCUT2D eigenvalue weighted by molar-refractivity contribution is -0.146. The third-order valence-electron chi connectivity index (χ3n) is 8.02. The molecule has 35 heavy (non-hydrogen) atoms. The van der Waals surface area contributed by atoms with Crippen molar-refractivity contribution < 1.29 is 25.2 Å². The Morgan fingerprint density at radius 3 is 2.34 bits per heavy atom. The molecule has 0 bridgehead atoms. The number of hydrogen-bond acceptors (Lipinski definition) is 5. The molecule has 200 valence electrons. The Morgan fingerprint density at radius 2 is 1.77 bits per heavy atom. The highest BCUT2D eigenvalue weighted by atomic mass is 16.3. The third-order valence-corrected chi connectivity index (χ3v) is 8.02. The van der Waals surface area contributed by atoms with E-state index in [2.05, 4.69) is 32.9 Å². The van der Waals surface area contributed by atoms with E-state index in [-0.39, 0.29) is 19.1 Å². The molecule has 0 radical (unpaired) electrons. The number of allylic oxidation sites excluding steroid dienone is 6. The van der Waals surface area contributed by atoms with Gasteiger partial charge in [-0.15, -0.1) is 0 Å². The Hall–Kier alpha value is -1.53. The maximum absolute atomic E-state index is 11.6. The third kappa shape index (κ3) is 8.82. The van der Waals surface area contributed by atoms with Gasteiger partial charge in [-0.05, 0) is 116 Å². The van der Waals surface area contributed by atoms with E-state index in [0.717, 1.165) is 30.3 Å². The van der Waals surface area contributed by atoms with Gasteiger partial charge in [0.15, 0.2) is 0 Å². The van der Waals surface area contributed by atoms with Gasteiger partial charge in [0.05, 0.1) is 18.3 Å². The predicted octanol–water partition coefficient (Wildman–Crippen LogP) is 5.58. The van der Waals surface area contributed by atoms with Gasteiger partial charge in [-0.1, -0.05) is 34.9 Å². The van der Waals surface area contributed by atoms with Crippen LogP contribution in [0.25, 0.3) is 0 Å². The number of aliphatic hydroxyl groups excluding tert-OH is 3. The first-order chi connectivity index (χ1) is 16.5. The predicted molar refractivity (Wildman–Crippen MR) is 144 cm³/mol. The van der Waals surface area contributed by atoms with Crippen molar-refractivity contribution in [3.8, 4) is 0 Å². The summed E-state index contributed by atoms with van der Waals surface area (Å²) in [6.07, 6.45) is 12.6. The van der Waals surface area contributed by atoms with Gasteiger partial charge in [-0.3, -0.25) is 4.79 Å². The summed E-state index contributed by atoms with van der Waals surface area (Å²) in [6.45, 7) is 11.6. The van der Waals surface area contributed by atoms with Crippen molar-refractivity contribution in [1.82, 2.24) is 0 Å². The molecule has 0 aromatic heterocycles. The molecule has 1 saturated carbocycles. The first kappa shape index (κ1) is 31.5. The monoisotopic (exact) mass is 490 g/mol. The highest BCUT2D eigenvalue weighted by Crippen LogP contribution is 2.55. The highest BCUT2D eigenvalue weighted by Gasteiger charge is 2.54. The van der Waals surface area contributed by atoms with Crippen LogP contribution in [-0.4, -0.2) is 51.6 Å². The molecule has 4 atom stereocenters. The SMILES string of the molecule is CC(C)=CCCC(C)=CCC(O)C(C)=CCCC1(CO)C(CCCO)C(=C(C)C=O)CCC1(C)O. The van der Waals surface area contributed by atoms with E-state index in [1.165, 1.54) is 11.1 Å². The Morgan fingerprint density at radius 1 is 1.09 bits per heavy atom. The smallest absolute Gasteiger partial charge is 0.145 e. The number of aliphatic hydroxyl groups is 4. The van der Waals surface area contributed by atoms with Gasteiger partial charge in [0.25, 0.3) is 0 Å². The van der Waals surface area contributed by atoms with Crippen molar-refractivity contribution in [2.45, 2.75) is 111 Å². The van der Waals surface area contributed by atoms with Crippen molar-refractivity contribution in [1.29, 1.82) is 0 Å². The van der Waals surface area contributed by atoms with Crippen LogP contribution in [0.2, 0.25) is 0 Å². The topological polar surface area (TPSA) is 98.0 Å². The maximum Gasteiger partial charge on any atom is 0.145 e. The van der Waals surface area contributed by atoms with Gasteiger partial charge < -0.3 is 20.4 Å². The molecule has 0 aromatic rings. The molecule has 1 rings (SSSR count). The fourth-order valence-electron chi connectivity index (χ4n) is 5.49. The lowest BCUT2D eigenvalue weighted by atomic mass is 9.53. The fourth-order valence-corrected chi connectivity index (χ4v) is 5.49. The second-order valence-corrected chi connectivity index (χ2v) is 10.9. The average Bonchev–Trinajstić information content (AvgIpc) is 2.81. The zero-order chi connectivity index (χ0) is 26.6. The quantitative estimate of drug-likeness (QED) is 0.145. The molecule has 0 spiro atoms. The summed E-state index contributed by atoms with van der Waals surface area (Å²) < 4.78 is 0. The fraction of sp³-hybridized carbons (Fsp3) is 0.700. The molecule has 0 aromatic carbocycles. The van der Waals surface area contributed by atoms with E-state index in [9.17, 15) is 25.2 Å². The zero-order valence-electron chi connectivity index (χ0n) is 22.9. The molecular formula is C30H50O5. The van der Waals surface area contributed by atoms with Gasteiger partial charge >= 0.3 is 0 Å². The van der Waals surface area contributed by atoms with E-state index in [0.29, 0.717) is 50.5 Å². The normalized spacial score (nSPS) is 28.0. The Kier molecular flexibility index (Phi) is 13.4.